The number of carbonyl (C=O) groups is 7. The lowest BCUT2D eigenvalue weighted by Crippen LogP contribution is -2.61. The van der Waals surface area contributed by atoms with Crippen molar-refractivity contribution in [2.45, 2.75) is 110 Å². The Morgan fingerprint density at radius 1 is 0.783 bits per heavy atom. The van der Waals surface area contributed by atoms with Crippen molar-refractivity contribution in [3.05, 3.63) is 101 Å². The zero-order valence-electron chi connectivity index (χ0n) is 41.0. The lowest BCUT2D eigenvalue weighted by molar-refractivity contribution is -0.940. The first-order valence-electron chi connectivity index (χ1n) is 23.7. The van der Waals surface area contributed by atoms with Gasteiger partial charge in [0, 0.05) is 12.0 Å². The Morgan fingerprint density at radius 2 is 1.39 bits per heavy atom. The second kappa shape index (κ2) is 24.2. The second-order valence-corrected chi connectivity index (χ2v) is 19.8. The molecule has 0 bridgehead atoms. The van der Waals surface area contributed by atoms with Crippen molar-refractivity contribution < 1.29 is 52.3 Å². The molecule has 5 N–H and O–H groups in total. The fourth-order valence-corrected chi connectivity index (χ4v) is 8.01. The van der Waals surface area contributed by atoms with E-state index >= 15 is 0 Å². The molecule has 0 aromatic heterocycles. The molecule has 2 heterocycles. The quantitative estimate of drug-likeness (QED) is 0.0307. The van der Waals surface area contributed by atoms with Crippen LogP contribution in [0.3, 0.4) is 0 Å². The Bertz CT molecular complexity index is 2330. The van der Waals surface area contributed by atoms with Gasteiger partial charge in [0.15, 0.2) is 12.3 Å². The Kier molecular flexibility index (Phi) is 18.8. The number of ketones is 1. The normalized spacial score (nSPS) is 18.0. The molecule has 69 heavy (non-hydrogen) atoms. The predicted molar refractivity (Wildman–Crippen MR) is 259 cm³/mol. The van der Waals surface area contributed by atoms with E-state index in [0.29, 0.717) is 51.3 Å². The molecule has 370 valence electrons. The minimum absolute atomic E-state index is 0.0418. The summed E-state index contributed by atoms with van der Waals surface area (Å²) in [5.41, 5.74) is 0.713. The van der Waals surface area contributed by atoms with Crippen molar-refractivity contribution in [3.8, 4) is 18.1 Å². The summed E-state index contributed by atoms with van der Waals surface area (Å²) in [5, 5.41) is 14.1. The molecule has 2 saturated heterocycles. The summed E-state index contributed by atoms with van der Waals surface area (Å²) in [7, 11) is 0. The molecule has 5 amide bonds. The average Bonchev–Trinajstić information content (AvgIpc) is 4.07. The third-order valence-corrected chi connectivity index (χ3v) is 12.2. The second-order valence-electron chi connectivity index (χ2n) is 19.8. The standard InChI is InChI=1S/C53H68N6O10/c1-9-24-54-48(63)40-30-39(21-23-44(40)69-51(66)52(5,6)7)32-59(25-27-67-28-26-59)33-45(60)56-41(22-20-37-16-12-10-13-17-37)49(64)55-36(4)47(62)58-43(31-38-18-14-11-15-19-38)50(65)57-42(29-35(2)3)46(61)53(8)34-68-53/h1,10-19,21,23,30,35-36,41-43H,20,22,24-29,31-34H2,2-8H3,(H4-,54,55,56,57,58,60,62,63,64,65)/p+1/t36-,41-,42-,43-,53+/m0/s1. The van der Waals surface area contributed by atoms with Crippen LogP contribution in [0.15, 0.2) is 78.9 Å². The first kappa shape index (κ1) is 53.5. The van der Waals surface area contributed by atoms with Gasteiger partial charge < -0.3 is 45.3 Å². The van der Waals surface area contributed by atoms with Gasteiger partial charge in [0.2, 0.25) is 17.7 Å². The molecule has 16 nitrogen and oxygen atoms in total. The molecule has 5 atom stereocenters. The van der Waals surface area contributed by atoms with Crippen molar-refractivity contribution in [2.75, 3.05) is 46.0 Å². The van der Waals surface area contributed by atoms with E-state index in [0.717, 1.165) is 11.1 Å². The summed E-state index contributed by atoms with van der Waals surface area (Å²) in [4.78, 5) is 96.0. The van der Waals surface area contributed by atoms with Crippen LogP contribution in [-0.2, 0) is 57.6 Å². The lowest BCUT2D eigenvalue weighted by atomic mass is 9.93. The highest BCUT2D eigenvalue weighted by molar-refractivity contribution is 5.99. The zero-order chi connectivity index (χ0) is 50.4. The number of ether oxygens (including phenoxy) is 3. The Hall–Kier alpha value is -6.41. The number of aryl methyl sites for hydroxylation is 1. The zero-order valence-corrected chi connectivity index (χ0v) is 41.0. The average molecular weight is 950 g/mol. The number of nitrogens with one attached hydrogen (secondary N) is 5. The van der Waals surface area contributed by atoms with Gasteiger partial charge >= 0.3 is 5.97 Å². The van der Waals surface area contributed by atoms with E-state index in [1.165, 1.54) is 6.92 Å². The molecule has 0 spiro atoms. The Labute approximate surface area is 405 Å². The first-order valence-corrected chi connectivity index (χ1v) is 23.7. The molecule has 2 aliphatic rings. The highest BCUT2D eigenvalue weighted by Crippen LogP contribution is 2.30. The van der Waals surface area contributed by atoms with Crippen molar-refractivity contribution in [1.29, 1.82) is 0 Å². The lowest BCUT2D eigenvalue weighted by Gasteiger charge is -2.41. The van der Waals surface area contributed by atoms with Gasteiger partial charge in [-0.2, -0.15) is 0 Å². The summed E-state index contributed by atoms with van der Waals surface area (Å²) in [6, 6.07) is 19.5. The van der Waals surface area contributed by atoms with Crippen molar-refractivity contribution in [3.63, 3.8) is 0 Å². The highest BCUT2D eigenvalue weighted by Gasteiger charge is 2.50. The number of morpholine rings is 1. The maximum atomic E-state index is 14.2. The fraction of sp³-hybridized carbons (Fsp3) is 0.491. The summed E-state index contributed by atoms with van der Waals surface area (Å²) in [6.07, 6.45) is 6.54. The van der Waals surface area contributed by atoms with Crippen molar-refractivity contribution in [1.82, 2.24) is 26.6 Å². The molecule has 0 unspecified atom stereocenters. The topological polar surface area (TPSA) is 211 Å². The summed E-state index contributed by atoms with van der Waals surface area (Å²) in [6.45, 7) is 14.3. The van der Waals surface area contributed by atoms with Crippen LogP contribution in [0, 0.1) is 23.7 Å². The number of terminal acetylenes is 1. The molecule has 5 rings (SSSR count). The van der Waals surface area contributed by atoms with Crippen LogP contribution < -0.4 is 31.3 Å². The van der Waals surface area contributed by atoms with Gasteiger partial charge in [0.25, 0.3) is 11.8 Å². The number of nitrogens with zero attached hydrogens (tertiary/aromatic N) is 1. The van der Waals surface area contributed by atoms with E-state index in [1.807, 2.05) is 74.5 Å². The van der Waals surface area contributed by atoms with Gasteiger partial charge in [-0.05, 0) is 89.1 Å². The molecule has 2 fully saturated rings. The number of Topliss-reactive ketones (excluding diaryl/α,β-unsaturated/α-hetero) is 1. The predicted octanol–water partition coefficient (Wildman–Crippen LogP) is 3.59. The van der Waals surface area contributed by atoms with Crippen LogP contribution in [0.4, 0.5) is 0 Å². The third-order valence-electron chi connectivity index (χ3n) is 12.2. The van der Waals surface area contributed by atoms with E-state index in [9.17, 15) is 33.6 Å². The summed E-state index contributed by atoms with van der Waals surface area (Å²) in [5.74, 6) is -0.948. The first-order chi connectivity index (χ1) is 32.7. The maximum absolute atomic E-state index is 14.2. The number of esters is 1. The fourth-order valence-electron chi connectivity index (χ4n) is 8.01. The number of hydrogen-bond donors (Lipinski definition) is 5. The number of quaternary nitrogens is 1. The van der Waals surface area contributed by atoms with Gasteiger partial charge in [-0.15, -0.1) is 6.42 Å². The minimum atomic E-state index is -1.14. The highest BCUT2D eigenvalue weighted by atomic mass is 16.6. The van der Waals surface area contributed by atoms with E-state index in [4.69, 9.17) is 20.6 Å². The molecule has 0 saturated carbocycles. The minimum Gasteiger partial charge on any atom is -0.425 e. The molecule has 0 radical (unpaired) electrons. The van der Waals surface area contributed by atoms with E-state index < -0.39 is 70.7 Å². The number of rotatable bonds is 23. The number of amides is 5. The van der Waals surface area contributed by atoms with Crippen LogP contribution in [-0.4, -0.2) is 122 Å². The van der Waals surface area contributed by atoms with Gasteiger partial charge in [-0.1, -0.05) is 80.4 Å². The Balaban J connectivity index is 1.33. The van der Waals surface area contributed by atoms with Gasteiger partial charge in [0.1, 0.15) is 49.1 Å². The molecule has 2 aliphatic heterocycles. The maximum Gasteiger partial charge on any atom is 0.316 e. The molecule has 0 aliphatic carbocycles. The largest absolute Gasteiger partial charge is 0.425 e. The van der Waals surface area contributed by atoms with Crippen LogP contribution in [0.5, 0.6) is 5.75 Å². The van der Waals surface area contributed by atoms with Crippen LogP contribution in [0.1, 0.15) is 88.4 Å². The van der Waals surface area contributed by atoms with Gasteiger partial charge in [0.05, 0.1) is 43.4 Å². The molecular formula is C53H69N6O10+. The van der Waals surface area contributed by atoms with Crippen molar-refractivity contribution >= 4 is 41.3 Å². The van der Waals surface area contributed by atoms with E-state index in [1.54, 1.807) is 45.9 Å². The number of hydrogen-bond acceptors (Lipinski definition) is 10. The SMILES string of the molecule is C#CCNC(=O)c1cc(C[N+]2(CC(=O)N[C@@H](CCc3ccccc3)C(=O)N[C@@H](C)C(=O)N[C@@H](Cc3ccccc3)C(=O)N[C@@H](CC(C)C)C(=O)[C@@]3(C)CO3)CCOCC2)ccc1OC(=O)C(C)(C)C. The molecular weight excluding hydrogens is 881 g/mol. The number of epoxide rings is 1. The van der Waals surface area contributed by atoms with Crippen LogP contribution in [0.2, 0.25) is 0 Å². The molecule has 3 aromatic rings. The van der Waals surface area contributed by atoms with Gasteiger partial charge in [-0.3, -0.25) is 33.6 Å². The Morgan fingerprint density at radius 3 is 1.99 bits per heavy atom. The van der Waals surface area contributed by atoms with Gasteiger partial charge in [-0.25, -0.2) is 0 Å². The van der Waals surface area contributed by atoms with Crippen LogP contribution in [0.25, 0.3) is 0 Å². The molecule has 3 aromatic carbocycles. The number of carbonyl (C=O) groups excluding carboxylic acids is 7. The third kappa shape index (κ3) is 16.1. The monoisotopic (exact) mass is 950 g/mol. The number of benzene rings is 3. The smallest absolute Gasteiger partial charge is 0.316 e. The summed E-state index contributed by atoms with van der Waals surface area (Å²) < 4.78 is 17.0. The van der Waals surface area contributed by atoms with E-state index in [2.05, 4.69) is 32.5 Å². The molecule has 16 heteroatoms. The van der Waals surface area contributed by atoms with Crippen LogP contribution >= 0.6 is 0 Å². The van der Waals surface area contributed by atoms with Crippen molar-refractivity contribution in [2.24, 2.45) is 11.3 Å². The summed E-state index contributed by atoms with van der Waals surface area (Å²) >= 11 is 0. The van der Waals surface area contributed by atoms with E-state index in [-0.39, 0.29) is 60.0 Å².